The summed E-state index contributed by atoms with van der Waals surface area (Å²) in [4.78, 5) is 14.0. The molecule has 0 aromatic heterocycles. The van der Waals surface area contributed by atoms with Crippen molar-refractivity contribution < 1.29 is 4.79 Å². The van der Waals surface area contributed by atoms with Crippen molar-refractivity contribution in [2.24, 2.45) is 62.6 Å². The average Bonchev–Trinajstić information content (AvgIpc) is 3.21. The van der Waals surface area contributed by atoms with E-state index in [-0.39, 0.29) is 10.8 Å². The highest BCUT2D eigenvalue weighted by atomic mass is 16.1. The molecule has 0 aliphatic heterocycles. The van der Waals surface area contributed by atoms with E-state index in [2.05, 4.69) is 91.8 Å². The van der Waals surface area contributed by atoms with Crippen molar-refractivity contribution in [2.45, 2.75) is 113 Å². The van der Waals surface area contributed by atoms with Crippen LogP contribution in [0.5, 0.6) is 0 Å². The van der Waals surface area contributed by atoms with Crippen molar-refractivity contribution in [1.82, 2.24) is 0 Å². The van der Waals surface area contributed by atoms with Crippen LogP contribution >= 0.6 is 0 Å². The minimum atomic E-state index is -0.286. The zero-order chi connectivity index (χ0) is 27.3. The van der Waals surface area contributed by atoms with Gasteiger partial charge in [-0.2, -0.15) is 0 Å². The van der Waals surface area contributed by atoms with Crippen molar-refractivity contribution in [3.8, 4) is 0 Å². The van der Waals surface area contributed by atoms with Crippen molar-refractivity contribution >= 4 is 11.9 Å². The van der Waals surface area contributed by atoms with Gasteiger partial charge in [0.1, 0.15) is 0 Å². The largest absolute Gasteiger partial charge is 0.294 e. The summed E-state index contributed by atoms with van der Waals surface area (Å²) in [6.45, 7) is 20.3. The molecule has 1 aromatic carbocycles. The Labute approximate surface area is 233 Å². The van der Waals surface area contributed by atoms with Crippen LogP contribution in [-0.4, -0.2) is 5.78 Å². The van der Waals surface area contributed by atoms with Crippen LogP contribution in [0, 0.1) is 62.6 Å². The van der Waals surface area contributed by atoms with Crippen LogP contribution < -0.4 is 0 Å². The summed E-state index contributed by atoms with van der Waals surface area (Å²) in [6, 6.07) is 10.6. The smallest absolute Gasteiger partial charge is 0.164 e. The van der Waals surface area contributed by atoms with Crippen LogP contribution in [0.3, 0.4) is 0 Å². The number of benzene rings is 1. The third-order valence-electron chi connectivity index (χ3n) is 14.5. The predicted octanol–water partition coefficient (Wildman–Crippen LogP) is 10.0. The minimum absolute atomic E-state index is 0.187. The molecule has 1 heteroatoms. The number of allylic oxidation sites excluding steroid dienone is 1. The summed E-state index contributed by atoms with van der Waals surface area (Å²) < 4.78 is 0. The Hall–Kier alpha value is -1.37. The number of carbonyl (C=O) groups excluding carboxylic acids is 1. The molecule has 1 aromatic rings. The quantitative estimate of drug-likeness (QED) is 0.359. The normalized spacial score (nSPS) is 48.8. The Morgan fingerprint density at radius 3 is 2.18 bits per heavy atom. The molecule has 6 rings (SSSR count). The fourth-order valence-corrected chi connectivity index (χ4v) is 12.5. The molecule has 5 aliphatic carbocycles. The Balaban J connectivity index is 1.40. The molecule has 0 spiro atoms. The molecule has 0 unspecified atom stereocenters. The van der Waals surface area contributed by atoms with Gasteiger partial charge in [-0.05, 0) is 132 Å². The first kappa shape index (κ1) is 26.8. The molecular formula is C37H54O. The number of Topliss-reactive ketones (excluding diaryl/α,β-unsaturated/α-hetero) is 1. The molecule has 38 heavy (non-hydrogen) atoms. The highest BCUT2D eigenvalue weighted by Crippen LogP contribution is 2.77. The molecule has 0 radical (unpaired) electrons. The van der Waals surface area contributed by atoms with E-state index >= 15 is 0 Å². The predicted molar refractivity (Wildman–Crippen MR) is 159 cm³/mol. The van der Waals surface area contributed by atoms with E-state index in [1.807, 2.05) is 0 Å². The van der Waals surface area contributed by atoms with Gasteiger partial charge in [-0.25, -0.2) is 0 Å². The van der Waals surface area contributed by atoms with Gasteiger partial charge in [0.15, 0.2) is 5.78 Å². The zero-order valence-corrected chi connectivity index (χ0v) is 25.7. The third kappa shape index (κ3) is 3.44. The number of rotatable bonds is 2. The highest BCUT2D eigenvalue weighted by Gasteiger charge is 2.70. The van der Waals surface area contributed by atoms with Gasteiger partial charge in [0, 0.05) is 5.41 Å². The van der Waals surface area contributed by atoms with Gasteiger partial charge >= 0.3 is 0 Å². The van der Waals surface area contributed by atoms with Crippen molar-refractivity contribution in [2.75, 3.05) is 0 Å². The second-order valence-electron chi connectivity index (χ2n) is 16.6. The van der Waals surface area contributed by atoms with Gasteiger partial charge in [0.05, 0.1) is 0 Å². The summed E-state index contributed by atoms with van der Waals surface area (Å²) >= 11 is 0. The SMILES string of the molecule is CC(C)[C@@H]1CC[C@]2(C)CC[C@]3(C)[C@H](CC[C@@H]4[C@@]5(C)C/C(=C/c6ccccc6)C(=O)C(C)(C)[C@@H]5CC[C@]43C)[C@@H]12. The lowest BCUT2D eigenvalue weighted by Crippen LogP contribution is -2.66. The van der Waals surface area contributed by atoms with E-state index in [1.165, 1.54) is 56.9 Å². The Morgan fingerprint density at radius 1 is 0.789 bits per heavy atom. The monoisotopic (exact) mass is 514 g/mol. The fourth-order valence-electron chi connectivity index (χ4n) is 12.5. The average molecular weight is 515 g/mol. The number of hydrogen-bond acceptors (Lipinski definition) is 1. The molecule has 5 fully saturated rings. The maximum absolute atomic E-state index is 14.0. The van der Waals surface area contributed by atoms with Crippen molar-refractivity contribution in [3.63, 3.8) is 0 Å². The number of hydrogen-bond donors (Lipinski definition) is 0. The number of fused-ring (bicyclic) bond motifs is 7. The van der Waals surface area contributed by atoms with E-state index in [0.29, 0.717) is 33.9 Å². The second kappa shape index (κ2) is 8.57. The summed E-state index contributed by atoms with van der Waals surface area (Å²) in [7, 11) is 0. The minimum Gasteiger partial charge on any atom is -0.294 e. The first-order chi connectivity index (χ1) is 17.8. The maximum atomic E-state index is 14.0. The first-order valence-electron chi connectivity index (χ1n) is 16.1. The summed E-state index contributed by atoms with van der Waals surface area (Å²) in [5.41, 5.74) is 3.51. The molecule has 208 valence electrons. The number of carbonyl (C=O) groups is 1. The molecule has 0 N–H and O–H groups in total. The molecule has 0 saturated heterocycles. The molecule has 1 nitrogen and oxygen atoms in total. The van der Waals surface area contributed by atoms with Gasteiger partial charge in [0.25, 0.3) is 0 Å². The van der Waals surface area contributed by atoms with Crippen molar-refractivity contribution in [1.29, 1.82) is 0 Å². The molecule has 0 amide bonds. The van der Waals surface area contributed by atoms with Crippen molar-refractivity contribution in [3.05, 3.63) is 41.5 Å². The topological polar surface area (TPSA) is 17.1 Å². The fraction of sp³-hybridized carbons (Fsp3) is 0.757. The van der Waals surface area contributed by atoms with E-state index in [0.717, 1.165) is 35.7 Å². The first-order valence-corrected chi connectivity index (χ1v) is 16.1. The van der Waals surface area contributed by atoms with Gasteiger partial charge in [0.2, 0.25) is 0 Å². The van der Waals surface area contributed by atoms with Gasteiger partial charge in [-0.15, -0.1) is 0 Å². The molecule has 5 aliphatic rings. The van der Waals surface area contributed by atoms with Gasteiger partial charge in [-0.3, -0.25) is 4.79 Å². The molecule has 9 atom stereocenters. The Morgan fingerprint density at radius 2 is 1.50 bits per heavy atom. The summed E-state index contributed by atoms with van der Waals surface area (Å²) in [6.07, 6.45) is 14.3. The lowest BCUT2D eigenvalue weighted by Gasteiger charge is -2.72. The van der Waals surface area contributed by atoms with Crippen LogP contribution in [0.1, 0.15) is 119 Å². The molecule has 0 heterocycles. The summed E-state index contributed by atoms with van der Waals surface area (Å²) in [5.74, 6) is 5.08. The van der Waals surface area contributed by atoms with Gasteiger partial charge < -0.3 is 0 Å². The Kier molecular flexibility index (Phi) is 6.05. The van der Waals surface area contributed by atoms with E-state index in [1.54, 1.807) is 0 Å². The van der Waals surface area contributed by atoms with Gasteiger partial charge in [-0.1, -0.05) is 85.7 Å². The molecule has 5 saturated carbocycles. The van der Waals surface area contributed by atoms with E-state index in [9.17, 15) is 4.79 Å². The van der Waals surface area contributed by atoms with E-state index < -0.39 is 0 Å². The van der Waals surface area contributed by atoms with Crippen LogP contribution in [-0.2, 0) is 4.79 Å². The van der Waals surface area contributed by atoms with Crippen LogP contribution in [0.15, 0.2) is 35.9 Å². The van der Waals surface area contributed by atoms with Crippen LogP contribution in [0.25, 0.3) is 6.08 Å². The highest BCUT2D eigenvalue weighted by molar-refractivity contribution is 6.04. The molecule has 0 bridgehead atoms. The number of ketones is 1. The van der Waals surface area contributed by atoms with E-state index in [4.69, 9.17) is 0 Å². The third-order valence-corrected chi connectivity index (χ3v) is 14.5. The standard InChI is InChI=1S/C37H54O/c1-24(2)27-16-18-34(5)20-21-36(7)28(31(27)34)14-15-30-35(6)23-26(22-25-12-10-9-11-13-25)32(38)33(3,4)29(35)17-19-37(30,36)8/h9-13,22,24,27-31H,14-21,23H2,1-8H3/b26-22-/t27-,28+,29-,30+,31+,34+,35-,36+,37+/m0/s1. The van der Waals surface area contributed by atoms with Crippen LogP contribution in [0.4, 0.5) is 0 Å². The summed E-state index contributed by atoms with van der Waals surface area (Å²) in [5, 5.41) is 0. The van der Waals surface area contributed by atoms with Crippen LogP contribution in [0.2, 0.25) is 0 Å². The maximum Gasteiger partial charge on any atom is 0.164 e. The lowest BCUT2D eigenvalue weighted by molar-refractivity contribution is -0.230. The molecular weight excluding hydrogens is 460 g/mol. The lowest BCUT2D eigenvalue weighted by atomic mass is 9.32. The second-order valence-corrected chi connectivity index (χ2v) is 16.6. The zero-order valence-electron chi connectivity index (χ0n) is 25.7. The Bertz CT molecular complexity index is 1130.